The lowest BCUT2D eigenvalue weighted by Crippen LogP contribution is -2.41. The summed E-state index contributed by atoms with van der Waals surface area (Å²) >= 11 is 0. The van der Waals surface area contributed by atoms with Gasteiger partial charge in [-0.2, -0.15) is 13.2 Å². The van der Waals surface area contributed by atoms with E-state index in [1.54, 1.807) is 20.8 Å². The molecule has 1 heterocycles. The third-order valence-electron chi connectivity index (χ3n) is 2.43. The van der Waals surface area contributed by atoms with Crippen LogP contribution in [0.5, 0.6) is 0 Å². The van der Waals surface area contributed by atoms with Crippen molar-refractivity contribution in [2.24, 2.45) is 0 Å². The van der Waals surface area contributed by atoms with Crippen LogP contribution in [0.3, 0.4) is 0 Å². The van der Waals surface area contributed by atoms with Gasteiger partial charge in [-0.25, -0.2) is 4.79 Å². The zero-order valence-electron chi connectivity index (χ0n) is 10.8. The number of carbonyl (C=O) groups is 1. The highest BCUT2D eigenvalue weighted by molar-refractivity contribution is 5.68. The van der Waals surface area contributed by atoms with E-state index in [1.807, 2.05) is 0 Å². The fourth-order valence-electron chi connectivity index (χ4n) is 1.68. The summed E-state index contributed by atoms with van der Waals surface area (Å²) in [6, 6.07) is -0.320. The number of hydrogen-bond acceptors (Lipinski definition) is 3. The van der Waals surface area contributed by atoms with Crippen LogP contribution in [-0.2, 0) is 4.74 Å². The van der Waals surface area contributed by atoms with E-state index >= 15 is 0 Å². The van der Waals surface area contributed by atoms with Crippen LogP contribution in [0, 0.1) is 0 Å². The lowest BCUT2D eigenvalue weighted by atomic mass is 10.2. The monoisotopic (exact) mass is 268 g/mol. The molecular weight excluding hydrogens is 249 g/mol. The van der Waals surface area contributed by atoms with E-state index in [2.05, 4.69) is 5.32 Å². The Bertz CT molecular complexity index is 300. The molecule has 1 rings (SSSR count). The molecule has 0 aromatic heterocycles. The maximum Gasteiger partial charge on any atom is 0.410 e. The minimum Gasteiger partial charge on any atom is -0.444 e. The molecule has 7 heteroatoms. The molecule has 18 heavy (non-hydrogen) atoms. The third-order valence-corrected chi connectivity index (χ3v) is 2.43. The average molecular weight is 268 g/mol. The number of alkyl halides is 3. The van der Waals surface area contributed by atoms with Gasteiger partial charge in [0.25, 0.3) is 0 Å². The molecule has 0 saturated carbocycles. The number of likely N-dealkylation sites (tertiary alicyclic amines) is 1. The van der Waals surface area contributed by atoms with Crippen LogP contribution in [0.2, 0.25) is 0 Å². The van der Waals surface area contributed by atoms with E-state index in [1.165, 1.54) is 4.90 Å². The quantitative estimate of drug-likeness (QED) is 0.834. The van der Waals surface area contributed by atoms with Crippen LogP contribution < -0.4 is 5.32 Å². The second-order valence-electron chi connectivity index (χ2n) is 5.41. The highest BCUT2D eigenvalue weighted by Crippen LogP contribution is 2.17. The Kier molecular flexibility index (Phi) is 4.47. The Balaban J connectivity index is 2.35. The highest BCUT2D eigenvalue weighted by Gasteiger charge is 2.33. The van der Waals surface area contributed by atoms with Crippen molar-refractivity contribution in [1.82, 2.24) is 10.2 Å². The fourth-order valence-corrected chi connectivity index (χ4v) is 1.68. The van der Waals surface area contributed by atoms with E-state index in [0.717, 1.165) is 0 Å². The second kappa shape index (κ2) is 5.34. The fraction of sp³-hybridized carbons (Fsp3) is 0.909. The van der Waals surface area contributed by atoms with Gasteiger partial charge in [0, 0.05) is 19.1 Å². The van der Waals surface area contributed by atoms with Gasteiger partial charge in [-0.3, -0.25) is 0 Å². The number of carbonyl (C=O) groups excluding carboxylic acids is 1. The first-order valence-corrected chi connectivity index (χ1v) is 5.85. The Morgan fingerprint density at radius 3 is 2.50 bits per heavy atom. The van der Waals surface area contributed by atoms with Gasteiger partial charge in [0.15, 0.2) is 0 Å². The van der Waals surface area contributed by atoms with Gasteiger partial charge < -0.3 is 15.0 Å². The smallest absolute Gasteiger partial charge is 0.410 e. The maximum atomic E-state index is 12.0. The van der Waals surface area contributed by atoms with E-state index in [4.69, 9.17) is 4.74 Å². The van der Waals surface area contributed by atoms with E-state index in [9.17, 15) is 18.0 Å². The summed E-state index contributed by atoms with van der Waals surface area (Å²) in [5, 5.41) is 2.39. The summed E-state index contributed by atoms with van der Waals surface area (Å²) in [5.74, 6) is 0. The molecule has 4 nitrogen and oxygen atoms in total. The summed E-state index contributed by atoms with van der Waals surface area (Å²) in [7, 11) is 0. The van der Waals surface area contributed by atoms with Crippen molar-refractivity contribution in [3.05, 3.63) is 0 Å². The molecule has 1 amide bonds. The van der Waals surface area contributed by atoms with E-state index in [0.29, 0.717) is 13.0 Å². The molecule has 1 aliphatic rings. The summed E-state index contributed by atoms with van der Waals surface area (Å²) in [6.07, 6.45) is -4.19. The molecule has 1 saturated heterocycles. The first-order valence-electron chi connectivity index (χ1n) is 5.85. The number of amides is 1. The van der Waals surface area contributed by atoms with Crippen LogP contribution in [0.25, 0.3) is 0 Å². The van der Waals surface area contributed by atoms with Crippen LogP contribution in [0.15, 0.2) is 0 Å². The minimum atomic E-state index is -4.22. The first-order chi connectivity index (χ1) is 8.07. The number of rotatable bonds is 2. The number of hydrogen-bond donors (Lipinski definition) is 1. The van der Waals surface area contributed by atoms with Gasteiger partial charge in [0.2, 0.25) is 0 Å². The van der Waals surface area contributed by atoms with Gasteiger partial charge in [-0.05, 0) is 27.2 Å². The molecule has 0 aromatic rings. The SMILES string of the molecule is CC(C)(C)OC(=O)N1CC[C@@H](NCC(F)(F)F)C1. The first kappa shape index (κ1) is 15.1. The molecule has 0 bridgehead atoms. The van der Waals surface area contributed by atoms with Crippen LogP contribution in [0.1, 0.15) is 27.2 Å². The predicted molar refractivity (Wildman–Crippen MR) is 60.3 cm³/mol. The van der Waals surface area contributed by atoms with Crippen molar-refractivity contribution in [2.45, 2.75) is 45.0 Å². The van der Waals surface area contributed by atoms with Gasteiger partial charge in [-0.1, -0.05) is 0 Å². The Labute approximate surface area is 104 Å². The van der Waals surface area contributed by atoms with Crippen molar-refractivity contribution in [1.29, 1.82) is 0 Å². The second-order valence-corrected chi connectivity index (χ2v) is 5.41. The molecular formula is C11H19F3N2O2. The number of ether oxygens (including phenoxy) is 1. The Morgan fingerprint density at radius 1 is 1.39 bits per heavy atom. The predicted octanol–water partition coefficient (Wildman–Crippen LogP) is 2.15. The zero-order chi connectivity index (χ0) is 14.0. The van der Waals surface area contributed by atoms with Crippen LogP contribution >= 0.6 is 0 Å². The van der Waals surface area contributed by atoms with Crippen LogP contribution in [-0.4, -0.2) is 48.4 Å². The number of nitrogens with one attached hydrogen (secondary N) is 1. The molecule has 0 spiro atoms. The van der Waals surface area contributed by atoms with E-state index < -0.39 is 24.4 Å². The van der Waals surface area contributed by atoms with Crippen molar-refractivity contribution < 1.29 is 22.7 Å². The van der Waals surface area contributed by atoms with E-state index in [-0.39, 0.29) is 12.6 Å². The van der Waals surface area contributed by atoms with Gasteiger partial charge in [0.1, 0.15) is 5.60 Å². The Morgan fingerprint density at radius 2 is 2.00 bits per heavy atom. The standard InChI is InChI=1S/C11H19F3N2O2/c1-10(2,3)18-9(17)16-5-4-8(6-16)15-7-11(12,13)14/h8,15H,4-7H2,1-3H3/t8-/m1/s1. The Hall–Kier alpha value is -0.980. The molecule has 0 unspecified atom stereocenters. The maximum absolute atomic E-state index is 12.0. The number of nitrogens with zero attached hydrogens (tertiary/aromatic N) is 1. The topological polar surface area (TPSA) is 41.6 Å². The summed E-state index contributed by atoms with van der Waals surface area (Å²) < 4.78 is 41.2. The molecule has 0 aliphatic carbocycles. The minimum absolute atomic E-state index is 0.255. The van der Waals surface area contributed by atoms with Crippen molar-refractivity contribution in [3.8, 4) is 0 Å². The molecule has 1 fully saturated rings. The van der Waals surface area contributed by atoms with Gasteiger partial charge in [-0.15, -0.1) is 0 Å². The average Bonchev–Trinajstić information content (AvgIpc) is 2.58. The lowest BCUT2D eigenvalue weighted by molar-refractivity contribution is -0.126. The van der Waals surface area contributed by atoms with Crippen LogP contribution in [0.4, 0.5) is 18.0 Å². The van der Waals surface area contributed by atoms with Crippen molar-refractivity contribution in [3.63, 3.8) is 0 Å². The summed E-state index contributed by atoms with van der Waals surface area (Å²) in [6.45, 7) is 4.90. The molecule has 0 radical (unpaired) electrons. The summed E-state index contributed by atoms with van der Waals surface area (Å²) in [5.41, 5.74) is -0.589. The molecule has 1 aliphatic heterocycles. The molecule has 1 atom stereocenters. The third kappa shape index (κ3) is 5.57. The van der Waals surface area contributed by atoms with Gasteiger partial charge >= 0.3 is 12.3 Å². The normalized spacial score (nSPS) is 21.2. The molecule has 0 aromatic carbocycles. The highest BCUT2D eigenvalue weighted by atomic mass is 19.4. The lowest BCUT2D eigenvalue weighted by Gasteiger charge is -2.24. The zero-order valence-corrected chi connectivity index (χ0v) is 10.8. The summed E-state index contributed by atoms with van der Waals surface area (Å²) in [4.78, 5) is 13.1. The molecule has 106 valence electrons. The van der Waals surface area contributed by atoms with Gasteiger partial charge in [0.05, 0.1) is 6.54 Å². The van der Waals surface area contributed by atoms with Crippen molar-refractivity contribution in [2.75, 3.05) is 19.6 Å². The largest absolute Gasteiger partial charge is 0.444 e. The van der Waals surface area contributed by atoms with Crippen molar-refractivity contribution >= 4 is 6.09 Å². The number of halogens is 3. The molecule has 1 N–H and O–H groups in total.